The van der Waals surface area contributed by atoms with Gasteiger partial charge >= 0.3 is 0 Å². The molecule has 1 heterocycles. The van der Waals surface area contributed by atoms with E-state index in [1.165, 1.54) is 11.1 Å². The van der Waals surface area contributed by atoms with Crippen LogP contribution in [0.5, 0.6) is 5.75 Å². The number of carbonyl (C=O) groups excluding carboxylic acids is 1. The molecule has 170 valence electrons. The lowest BCUT2D eigenvalue weighted by Gasteiger charge is -2.19. The number of nitrogens with zero attached hydrogens (tertiary/aromatic N) is 2. The first kappa shape index (κ1) is 22.6. The van der Waals surface area contributed by atoms with Gasteiger partial charge in [0.15, 0.2) is 0 Å². The Labute approximate surface area is 195 Å². The predicted molar refractivity (Wildman–Crippen MR) is 133 cm³/mol. The zero-order valence-electron chi connectivity index (χ0n) is 19.8. The third-order valence-corrected chi connectivity index (χ3v) is 5.88. The summed E-state index contributed by atoms with van der Waals surface area (Å²) in [6.07, 6.45) is 0.635. The smallest absolute Gasteiger partial charge is 0.255 e. The van der Waals surface area contributed by atoms with Crippen molar-refractivity contribution in [3.8, 4) is 5.75 Å². The van der Waals surface area contributed by atoms with Crippen molar-refractivity contribution in [3.63, 3.8) is 0 Å². The van der Waals surface area contributed by atoms with Gasteiger partial charge in [-0.25, -0.2) is 4.98 Å². The molecule has 1 amide bonds. The molecule has 1 aromatic heterocycles. The molecule has 5 heteroatoms. The molecule has 0 aliphatic heterocycles. The number of fused-ring (bicyclic) bond motifs is 1. The van der Waals surface area contributed by atoms with E-state index < -0.39 is 0 Å². The van der Waals surface area contributed by atoms with Crippen LogP contribution in [0.25, 0.3) is 11.0 Å². The quantitative estimate of drug-likeness (QED) is 0.420. The van der Waals surface area contributed by atoms with E-state index in [4.69, 9.17) is 9.72 Å². The van der Waals surface area contributed by atoms with Gasteiger partial charge in [0.05, 0.1) is 23.7 Å². The summed E-state index contributed by atoms with van der Waals surface area (Å²) in [5.74, 6) is 1.38. The SMILES string of the molecule is COc1ccccc1C(=O)NCCc1nc2ccccc2n1Cc1ccc(C(C)(C)C)cc1. The highest BCUT2D eigenvalue weighted by Gasteiger charge is 2.15. The Kier molecular flexibility index (Phi) is 6.50. The van der Waals surface area contributed by atoms with Gasteiger partial charge in [-0.1, -0.05) is 69.3 Å². The summed E-state index contributed by atoms with van der Waals surface area (Å²) in [6, 6.07) is 24.2. The fourth-order valence-corrected chi connectivity index (χ4v) is 4.00. The van der Waals surface area contributed by atoms with Crippen molar-refractivity contribution < 1.29 is 9.53 Å². The van der Waals surface area contributed by atoms with Crippen LogP contribution in [0.1, 0.15) is 48.1 Å². The van der Waals surface area contributed by atoms with Crippen LogP contribution in [0.2, 0.25) is 0 Å². The predicted octanol–water partition coefficient (Wildman–Crippen LogP) is 5.36. The van der Waals surface area contributed by atoms with Gasteiger partial charge in [0.25, 0.3) is 5.91 Å². The van der Waals surface area contributed by atoms with Gasteiger partial charge in [0, 0.05) is 19.5 Å². The Bertz CT molecular complexity index is 1250. The molecule has 0 saturated heterocycles. The number of aromatic nitrogens is 2. The highest BCUT2D eigenvalue weighted by molar-refractivity contribution is 5.96. The minimum Gasteiger partial charge on any atom is -0.496 e. The van der Waals surface area contributed by atoms with Gasteiger partial charge in [-0.05, 0) is 40.8 Å². The van der Waals surface area contributed by atoms with Gasteiger partial charge in [0.2, 0.25) is 0 Å². The molecule has 33 heavy (non-hydrogen) atoms. The van der Waals surface area contributed by atoms with Crippen molar-refractivity contribution in [1.29, 1.82) is 0 Å². The minimum atomic E-state index is -0.145. The molecule has 0 radical (unpaired) electrons. The van der Waals surface area contributed by atoms with Crippen LogP contribution in [0.15, 0.2) is 72.8 Å². The van der Waals surface area contributed by atoms with Gasteiger partial charge in [-0.2, -0.15) is 0 Å². The lowest BCUT2D eigenvalue weighted by atomic mass is 9.87. The summed E-state index contributed by atoms with van der Waals surface area (Å²) in [5, 5.41) is 3.01. The van der Waals surface area contributed by atoms with Crippen molar-refractivity contribution in [1.82, 2.24) is 14.9 Å². The van der Waals surface area contributed by atoms with Gasteiger partial charge in [-0.15, -0.1) is 0 Å². The van der Waals surface area contributed by atoms with Crippen LogP contribution < -0.4 is 10.1 Å². The van der Waals surface area contributed by atoms with Crippen molar-refractivity contribution in [2.24, 2.45) is 0 Å². The van der Waals surface area contributed by atoms with Gasteiger partial charge in [-0.3, -0.25) is 4.79 Å². The number of methoxy groups -OCH3 is 1. The Morgan fingerprint density at radius 3 is 2.39 bits per heavy atom. The average molecular weight is 442 g/mol. The number of imidazole rings is 1. The van der Waals surface area contributed by atoms with Crippen molar-refractivity contribution in [3.05, 3.63) is 95.3 Å². The summed E-state index contributed by atoms with van der Waals surface area (Å²) < 4.78 is 7.56. The van der Waals surface area contributed by atoms with E-state index in [0.717, 1.165) is 23.4 Å². The maximum Gasteiger partial charge on any atom is 0.255 e. The molecule has 0 unspecified atom stereocenters. The Morgan fingerprint density at radius 1 is 0.970 bits per heavy atom. The largest absolute Gasteiger partial charge is 0.496 e. The molecule has 1 N–H and O–H groups in total. The van der Waals surface area contributed by atoms with E-state index >= 15 is 0 Å². The summed E-state index contributed by atoms with van der Waals surface area (Å²) in [4.78, 5) is 17.5. The van der Waals surface area contributed by atoms with E-state index in [0.29, 0.717) is 24.3 Å². The second-order valence-corrected chi connectivity index (χ2v) is 9.26. The number of carbonyl (C=O) groups is 1. The number of amides is 1. The van der Waals surface area contributed by atoms with Crippen LogP contribution in [0.3, 0.4) is 0 Å². The van der Waals surface area contributed by atoms with E-state index in [1.807, 2.05) is 30.3 Å². The summed E-state index contributed by atoms with van der Waals surface area (Å²) >= 11 is 0. The fourth-order valence-electron chi connectivity index (χ4n) is 4.00. The van der Waals surface area contributed by atoms with Crippen LogP contribution in [-0.2, 0) is 18.4 Å². The molecule has 0 aliphatic carbocycles. The molecule has 0 spiro atoms. The highest BCUT2D eigenvalue weighted by Crippen LogP contribution is 2.24. The minimum absolute atomic E-state index is 0.130. The zero-order chi connectivity index (χ0) is 23.4. The van der Waals surface area contributed by atoms with Crippen LogP contribution in [0, 0.1) is 0 Å². The molecule has 0 atom stereocenters. The molecule has 0 aliphatic rings. The number of ether oxygens (including phenoxy) is 1. The number of hydrogen-bond acceptors (Lipinski definition) is 3. The molecule has 3 aromatic carbocycles. The summed E-state index contributed by atoms with van der Waals surface area (Å²) in [6.45, 7) is 7.90. The van der Waals surface area contributed by atoms with Gasteiger partial charge in [0.1, 0.15) is 11.6 Å². The second kappa shape index (κ2) is 9.49. The van der Waals surface area contributed by atoms with Crippen LogP contribution in [0.4, 0.5) is 0 Å². The molecular weight excluding hydrogens is 410 g/mol. The number of para-hydroxylation sites is 3. The van der Waals surface area contributed by atoms with E-state index in [1.54, 1.807) is 19.2 Å². The third kappa shape index (κ3) is 5.08. The molecule has 0 bridgehead atoms. The maximum absolute atomic E-state index is 12.7. The van der Waals surface area contributed by atoms with Crippen molar-refractivity contribution in [2.45, 2.75) is 39.2 Å². The molecular formula is C28H31N3O2. The zero-order valence-corrected chi connectivity index (χ0v) is 19.8. The Morgan fingerprint density at radius 2 is 1.67 bits per heavy atom. The van der Waals surface area contributed by atoms with Crippen molar-refractivity contribution in [2.75, 3.05) is 13.7 Å². The van der Waals surface area contributed by atoms with E-state index in [9.17, 15) is 4.79 Å². The van der Waals surface area contributed by atoms with Crippen LogP contribution in [-0.4, -0.2) is 29.1 Å². The van der Waals surface area contributed by atoms with E-state index in [-0.39, 0.29) is 11.3 Å². The number of nitrogens with one attached hydrogen (secondary N) is 1. The Hall–Kier alpha value is -3.60. The summed E-state index contributed by atoms with van der Waals surface area (Å²) in [5.41, 5.74) is 5.28. The standard InChI is InChI=1S/C28H31N3O2/c1-28(2,3)21-15-13-20(14-16-21)19-31-24-11-7-6-10-23(24)30-26(31)17-18-29-27(32)22-9-5-8-12-25(22)33-4/h5-16H,17-19H2,1-4H3,(H,29,32). The number of benzene rings is 3. The lowest BCUT2D eigenvalue weighted by Crippen LogP contribution is -2.27. The maximum atomic E-state index is 12.7. The normalized spacial score (nSPS) is 11.5. The monoisotopic (exact) mass is 441 g/mol. The van der Waals surface area contributed by atoms with Gasteiger partial charge < -0.3 is 14.6 Å². The lowest BCUT2D eigenvalue weighted by molar-refractivity contribution is 0.0951. The van der Waals surface area contributed by atoms with Crippen LogP contribution >= 0.6 is 0 Å². The first-order valence-electron chi connectivity index (χ1n) is 11.3. The molecule has 0 fully saturated rings. The third-order valence-electron chi connectivity index (χ3n) is 5.88. The topological polar surface area (TPSA) is 56.1 Å². The first-order valence-corrected chi connectivity index (χ1v) is 11.3. The molecule has 4 rings (SSSR count). The average Bonchev–Trinajstić information content (AvgIpc) is 3.16. The highest BCUT2D eigenvalue weighted by atomic mass is 16.5. The second-order valence-electron chi connectivity index (χ2n) is 9.26. The number of rotatable bonds is 7. The molecule has 0 saturated carbocycles. The molecule has 4 aromatic rings. The molecule has 5 nitrogen and oxygen atoms in total. The number of hydrogen-bond donors (Lipinski definition) is 1. The van der Waals surface area contributed by atoms with E-state index in [2.05, 4.69) is 61.0 Å². The van der Waals surface area contributed by atoms with Crippen molar-refractivity contribution >= 4 is 16.9 Å². The fraction of sp³-hybridized carbons (Fsp3) is 0.286. The first-order chi connectivity index (χ1) is 15.9. The Balaban J connectivity index is 1.52. The summed E-state index contributed by atoms with van der Waals surface area (Å²) in [7, 11) is 1.57.